The summed E-state index contributed by atoms with van der Waals surface area (Å²) in [5.74, 6) is 0.680. The Bertz CT molecular complexity index is 4770. The van der Waals surface area contributed by atoms with Crippen LogP contribution in [0.15, 0.2) is 200 Å². The molecule has 9 nitrogen and oxygen atoms in total. The molecule has 0 unspecified atom stereocenters. The molecular formula is C78H54O9. The van der Waals surface area contributed by atoms with Crippen molar-refractivity contribution in [2.45, 2.75) is 38.5 Å². The number of hydrogen-bond donors (Lipinski definition) is 0. The van der Waals surface area contributed by atoms with Gasteiger partial charge in [-0.2, -0.15) is 0 Å². The molecule has 0 heterocycles. The van der Waals surface area contributed by atoms with Crippen LogP contribution in [0.3, 0.4) is 0 Å². The van der Waals surface area contributed by atoms with Crippen molar-refractivity contribution in [1.82, 2.24) is 0 Å². The minimum atomic E-state index is -0.437. The van der Waals surface area contributed by atoms with Crippen molar-refractivity contribution in [3.05, 3.63) is 250 Å². The zero-order valence-corrected chi connectivity index (χ0v) is 48.0. The molecule has 420 valence electrons. The number of benzene rings is 15. The molecule has 0 N–H and O–H groups in total. The predicted octanol–water partition coefficient (Wildman–Crippen LogP) is 16.9. The van der Waals surface area contributed by atoms with Crippen LogP contribution in [0.5, 0.6) is 34.5 Å². The molecule has 0 aliphatic heterocycles. The molecule has 15 aromatic rings. The molecule has 0 aromatic heterocycles. The zero-order chi connectivity index (χ0) is 58.6. The van der Waals surface area contributed by atoms with E-state index in [0.717, 1.165) is 131 Å². The zero-order valence-electron chi connectivity index (χ0n) is 48.0. The molecule has 1 aliphatic rings. The first-order chi connectivity index (χ1) is 42.6. The Kier molecular flexibility index (Phi) is 12.2. The molecule has 0 amide bonds. The van der Waals surface area contributed by atoms with Gasteiger partial charge in [-0.25, -0.2) is 0 Å². The van der Waals surface area contributed by atoms with Gasteiger partial charge < -0.3 is 28.4 Å². The van der Waals surface area contributed by atoms with Gasteiger partial charge in [0.15, 0.2) is 34.5 Å². The number of carbonyl (C=O) groups excluding carboxylic acids is 3. The van der Waals surface area contributed by atoms with Crippen LogP contribution in [0, 0.1) is 0 Å². The summed E-state index contributed by atoms with van der Waals surface area (Å²) in [4.78, 5) is 43.0. The third-order valence-corrected chi connectivity index (χ3v) is 18.1. The number of carbonyl (C=O) groups is 3. The molecule has 0 fully saturated rings. The fourth-order valence-electron chi connectivity index (χ4n) is 14.0. The monoisotopic (exact) mass is 1130 g/mol. The Morgan fingerprint density at radius 3 is 0.747 bits per heavy atom. The number of methoxy groups -OCH3 is 3. The molecule has 9 heteroatoms. The van der Waals surface area contributed by atoms with Crippen LogP contribution in [0.2, 0.25) is 0 Å². The van der Waals surface area contributed by atoms with Crippen LogP contribution in [0.25, 0.3) is 97.0 Å². The summed E-state index contributed by atoms with van der Waals surface area (Å²) < 4.78 is 37.2. The highest BCUT2D eigenvalue weighted by molar-refractivity contribution is 6.26. The SMILES string of the molecule is COc1cc2c(cc1OC(=O)Cc1ccc3ccc4cccc5ccc1c3c45)Cc1cc(OC)c(OC(=O)Cc3ccc4ccc5cccc6ccc3c4c56)cc1Cc1cc(OC)c(OC(=O)Cc3ccc4ccc5cccc6ccc3c4c56)cc1C2. The Morgan fingerprint density at radius 1 is 0.276 bits per heavy atom. The van der Waals surface area contributed by atoms with E-state index >= 15 is 0 Å². The number of ether oxygens (including phenoxy) is 6. The lowest BCUT2D eigenvalue weighted by molar-refractivity contribution is -0.134. The van der Waals surface area contributed by atoms with Gasteiger partial charge in [0, 0.05) is 0 Å². The maximum absolute atomic E-state index is 14.3. The van der Waals surface area contributed by atoms with Crippen LogP contribution in [0.1, 0.15) is 50.1 Å². The lowest BCUT2D eigenvalue weighted by Gasteiger charge is -2.18. The Balaban J connectivity index is 0.758. The topological polar surface area (TPSA) is 107 Å². The average Bonchev–Trinajstić information content (AvgIpc) is 1.84. The summed E-state index contributed by atoms with van der Waals surface area (Å²) >= 11 is 0. The van der Waals surface area contributed by atoms with Crippen molar-refractivity contribution in [2.75, 3.05) is 21.3 Å². The van der Waals surface area contributed by atoms with E-state index in [0.29, 0.717) is 36.5 Å². The molecule has 0 bridgehead atoms. The lowest BCUT2D eigenvalue weighted by atomic mass is 9.91. The third-order valence-electron chi connectivity index (χ3n) is 18.1. The second-order valence-electron chi connectivity index (χ2n) is 23.0. The summed E-state index contributed by atoms with van der Waals surface area (Å²) in [6, 6.07) is 68.1. The second kappa shape index (κ2) is 20.5. The highest BCUT2D eigenvalue weighted by Gasteiger charge is 2.26. The largest absolute Gasteiger partial charge is 0.493 e. The first kappa shape index (κ1) is 51.8. The van der Waals surface area contributed by atoms with Gasteiger partial charge in [0.2, 0.25) is 0 Å². The molecule has 15 aromatic carbocycles. The van der Waals surface area contributed by atoms with E-state index < -0.39 is 17.9 Å². The van der Waals surface area contributed by atoms with E-state index in [-0.39, 0.29) is 36.5 Å². The lowest BCUT2D eigenvalue weighted by Crippen LogP contribution is -2.13. The normalized spacial score (nSPS) is 12.4. The minimum absolute atomic E-state index is 0.0279. The molecular weight excluding hydrogens is 1080 g/mol. The first-order valence-electron chi connectivity index (χ1n) is 29.3. The van der Waals surface area contributed by atoms with E-state index in [9.17, 15) is 14.4 Å². The fourth-order valence-corrected chi connectivity index (χ4v) is 14.0. The number of esters is 3. The van der Waals surface area contributed by atoms with Crippen LogP contribution < -0.4 is 28.4 Å². The van der Waals surface area contributed by atoms with E-state index in [1.165, 1.54) is 16.2 Å². The van der Waals surface area contributed by atoms with Gasteiger partial charge in [-0.05, 0) is 203 Å². The van der Waals surface area contributed by atoms with Gasteiger partial charge in [0.25, 0.3) is 0 Å². The number of fused-ring (bicyclic) bond motifs is 3. The first-order valence-corrected chi connectivity index (χ1v) is 29.3. The van der Waals surface area contributed by atoms with Gasteiger partial charge in [-0.15, -0.1) is 0 Å². The maximum Gasteiger partial charge on any atom is 0.315 e. The van der Waals surface area contributed by atoms with Gasteiger partial charge in [-0.1, -0.05) is 164 Å². The third kappa shape index (κ3) is 8.79. The predicted molar refractivity (Wildman–Crippen MR) is 346 cm³/mol. The second-order valence-corrected chi connectivity index (χ2v) is 23.0. The van der Waals surface area contributed by atoms with E-state index in [1.807, 2.05) is 54.6 Å². The molecule has 16 rings (SSSR count). The highest BCUT2D eigenvalue weighted by atomic mass is 16.6. The Hall–Kier alpha value is -10.8. The van der Waals surface area contributed by atoms with Crippen LogP contribution >= 0.6 is 0 Å². The van der Waals surface area contributed by atoms with Crippen molar-refractivity contribution in [3.8, 4) is 34.5 Å². The Labute approximate surface area is 499 Å². The standard InChI is InChI=1S/C78H54O9/c1-82-64-34-55-31-59-38-68(86-71(80)41-53-23-20-50-17-14-44-8-5-11-47-26-29-62(53)77(50)74(44)47)66(84-3)36-57(59)33-60-39-69(87-72(81)42-54-24-21-51-18-15-45-9-6-12-48-27-30-63(54)78(51)75(45)48)65(83-2)35-56(60)32-58(55)37-67(64)85-70(79)40-52-22-19-49-16-13-43-7-4-10-46-25-28-61(52)76(49)73(43)46/h4-30,34-39H,31-33,40-42H2,1-3H3. The van der Waals surface area contributed by atoms with Crippen molar-refractivity contribution < 1.29 is 42.8 Å². The molecule has 0 radical (unpaired) electrons. The van der Waals surface area contributed by atoms with Crippen molar-refractivity contribution in [1.29, 1.82) is 0 Å². The highest BCUT2D eigenvalue weighted by Crippen LogP contribution is 2.44. The number of hydrogen-bond acceptors (Lipinski definition) is 9. The molecule has 0 saturated carbocycles. The van der Waals surface area contributed by atoms with Crippen LogP contribution in [-0.4, -0.2) is 39.2 Å². The average molecular weight is 1140 g/mol. The molecule has 87 heavy (non-hydrogen) atoms. The minimum Gasteiger partial charge on any atom is -0.493 e. The van der Waals surface area contributed by atoms with Crippen molar-refractivity contribution >= 4 is 115 Å². The summed E-state index contributed by atoms with van der Waals surface area (Å²) in [5, 5.41) is 20.1. The van der Waals surface area contributed by atoms with Gasteiger partial charge in [0.1, 0.15) is 0 Å². The molecule has 0 saturated heterocycles. The maximum atomic E-state index is 14.3. The Morgan fingerprint density at radius 2 is 0.494 bits per heavy atom. The van der Waals surface area contributed by atoms with E-state index in [1.54, 1.807) is 21.3 Å². The van der Waals surface area contributed by atoms with Gasteiger partial charge in [-0.3, -0.25) is 14.4 Å². The smallest absolute Gasteiger partial charge is 0.315 e. The quantitative estimate of drug-likeness (QED) is 0.0671. The van der Waals surface area contributed by atoms with Gasteiger partial charge in [0.05, 0.1) is 40.6 Å². The summed E-state index contributed by atoms with van der Waals surface area (Å²) in [7, 11) is 4.71. The van der Waals surface area contributed by atoms with E-state index in [4.69, 9.17) is 28.4 Å². The summed E-state index contributed by atoms with van der Waals surface area (Å²) in [6.07, 6.45) is 1.23. The van der Waals surface area contributed by atoms with Crippen LogP contribution in [-0.2, 0) is 52.9 Å². The van der Waals surface area contributed by atoms with Crippen molar-refractivity contribution in [2.24, 2.45) is 0 Å². The van der Waals surface area contributed by atoms with Crippen molar-refractivity contribution in [3.63, 3.8) is 0 Å². The van der Waals surface area contributed by atoms with E-state index in [2.05, 4.69) is 146 Å². The molecule has 1 aliphatic carbocycles. The molecule has 0 atom stereocenters. The summed E-state index contributed by atoms with van der Waals surface area (Å²) in [6.45, 7) is 0. The fraction of sp³-hybridized carbons (Fsp3) is 0.115. The van der Waals surface area contributed by atoms with Gasteiger partial charge >= 0.3 is 17.9 Å². The summed E-state index contributed by atoms with van der Waals surface area (Å²) in [5.41, 5.74) is 7.85. The molecule has 0 spiro atoms. The number of rotatable bonds is 12. The van der Waals surface area contributed by atoms with Crippen LogP contribution in [0.4, 0.5) is 0 Å².